The van der Waals surface area contributed by atoms with Crippen molar-refractivity contribution in [2.24, 2.45) is 0 Å². The molecule has 110 valence electrons. The van der Waals surface area contributed by atoms with Gasteiger partial charge in [0.05, 0.1) is 12.2 Å². The van der Waals surface area contributed by atoms with Gasteiger partial charge in [-0.2, -0.15) is 0 Å². The second-order valence-electron chi connectivity index (χ2n) is 4.62. The minimum absolute atomic E-state index is 0.270. The monoisotopic (exact) mass is 311 g/mol. The molecule has 0 saturated heterocycles. The molecule has 1 heterocycles. The smallest absolute Gasteiger partial charge is 0.296 e. The molecule has 0 spiro atoms. The second kappa shape index (κ2) is 6.17. The number of methoxy groups -OCH3 is 2. The van der Waals surface area contributed by atoms with E-state index in [4.69, 9.17) is 20.2 Å². The van der Waals surface area contributed by atoms with Gasteiger partial charge in [0.2, 0.25) is 0 Å². The standard InChI is InChI=1S/C10H18ClN3O4S/c1-10(2,18-4)7-8-12-13-9(19(11,15)16)14(8)5-6-17-3/h5-7H2,1-4H3. The summed E-state index contributed by atoms with van der Waals surface area (Å²) in [5.41, 5.74) is -0.481. The minimum Gasteiger partial charge on any atom is -0.383 e. The Kier molecular flexibility index (Phi) is 5.31. The van der Waals surface area contributed by atoms with Gasteiger partial charge in [-0.15, -0.1) is 10.2 Å². The lowest BCUT2D eigenvalue weighted by molar-refractivity contribution is 0.0205. The normalized spacial score (nSPS) is 12.9. The third-order valence-electron chi connectivity index (χ3n) is 2.67. The van der Waals surface area contributed by atoms with Crippen molar-refractivity contribution in [2.45, 2.75) is 37.6 Å². The van der Waals surface area contributed by atoms with Gasteiger partial charge in [0.25, 0.3) is 14.2 Å². The number of ether oxygens (including phenoxy) is 2. The quantitative estimate of drug-likeness (QED) is 0.693. The van der Waals surface area contributed by atoms with Gasteiger partial charge >= 0.3 is 0 Å². The Morgan fingerprint density at radius 1 is 1.32 bits per heavy atom. The molecule has 1 aromatic heterocycles. The third kappa shape index (κ3) is 4.41. The van der Waals surface area contributed by atoms with Crippen molar-refractivity contribution in [3.63, 3.8) is 0 Å². The van der Waals surface area contributed by atoms with Crippen LogP contribution in [0, 0.1) is 0 Å². The minimum atomic E-state index is -3.94. The Labute approximate surface area is 117 Å². The van der Waals surface area contributed by atoms with Crippen LogP contribution < -0.4 is 0 Å². The van der Waals surface area contributed by atoms with Crippen LogP contribution in [0.5, 0.6) is 0 Å². The number of rotatable bonds is 7. The molecule has 0 aliphatic rings. The predicted molar refractivity (Wildman–Crippen MR) is 69.7 cm³/mol. The largest absolute Gasteiger partial charge is 0.383 e. The van der Waals surface area contributed by atoms with Gasteiger partial charge in [-0.1, -0.05) is 0 Å². The molecule has 0 aliphatic heterocycles. The molecule has 0 amide bonds. The lowest BCUT2D eigenvalue weighted by Crippen LogP contribution is -2.28. The summed E-state index contributed by atoms with van der Waals surface area (Å²) in [7, 11) is 4.50. The van der Waals surface area contributed by atoms with Crippen LogP contribution in [0.3, 0.4) is 0 Å². The first-order chi connectivity index (χ1) is 8.71. The Bertz CT molecular complexity index is 527. The van der Waals surface area contributed by atoms with E-state index in [0.717, 1.165) is 0 Å². The second-order valence-corrected chi connectivity index (χ2v) is 7.08. The van der Waals surface area contributed by atoms with Gasteiger partial charge in [0.1, 0.15) is 5.82 Å². The van der Waals surface area contributed by atoms with Gasteiger partial charge in [-0.3, -0.25) is 4.57 Å². The number of aromatic nitrogens is 3. The van der Waals surface area contributed by atoms with Gasteiger partial charge < -0.3 is 9.47 Å². The molecule has 9 heteroatoms. The van der Waals surface area contributed by atoms with Crippen LogP contribution in [0.15, 0.2) is 5.16 Å². The molecule has 0 bridgehead atoms. The van der Waals surface area contributed by atoms with Crippen molar-refractivity contribution in [1.29, 1.82) is 0 Å². The van der Waals surface area contributed by atoms with Crippen molar-refractivity contribution < 1.29 is 17.9 Å². The summed E-state index contributed by atoms with van der Waals surface area (Å²) in [4.78, 5) is 0. The summed E-state index contributed by atoms with van der Waals surface area (Å²) in [6.45, 7) is 4.38. The van der Waals surface area contributed by atoms with Crippen LogP contribution >= 0.6 is 10.7 Å². The molecule has 0 N–H and O–H groups in total. The molecule has 0 radical (unpaired) electrons. The van der Waals surface area contributed by atoms with Crippen molar-refractivity contribution >= 4 is 19.7 Å². The van der Waals surface area contributed by atoms with Crippen molar-refractivity contribution in [3.8, 4) is 0 Å². The highest BCUT2D eigenvalue weighted by atomic mass is 35.7. The Morgan fingerprint density at radius 3 is 2.42 bits per heavy atom. The van der Waals surface area contributed by atoms with Crippen molar-refractivity contribution in [3.05, 3.63) is 5.82 Å². The summed E-state index contributed by atoms with van der Waals surface area (Å²) in [5.74, 6) is 0.489. The summed E-state index contributed by atoms with van der Waals surface area (Å²) < 4.78 is 34.6. The molecule has 1 aromatic rings. The van der Waals surface area contributed by atoms with E-state index < -0.39 is 14.7 Å². The fourth-order valence-electron chi connectivity index (χ4n) is 1.49. The number of halogens is 1. The summed E-state index contributed by atoms with van der Waals surface area (Å²) in [6.07, 6.45) is 0.409. The highest BCUT2D eigenvalue weighted by molar-refractivity contribution is 8.13. The fraction of sp³-hybridized carbons (Fsp3) is 0.800. The maximum Gasteiger partial charge on any atom is 0.296 e. The zero-order valence-corrected chi connectivity index (χ0v) is 13.0. The molecule has 0 atom stereocenters. The van der Waals surface area contributed by atoms with E-state index in [1.165, 1.54) is 11.7 Å². The number of nitrogens with zero attached hydrogens (tertiary/aromatic N) is 3. The van der Waals surface area contributed by atoms with E-state index in [9.17, 15) is 8.42 Å². The van der Waals surface area contributed by atoms with E-state index in [1.54, 1.807) is 7.11 Å². The maximum atomic E-state index is 11.4. The summed E-state index contributed by atoms with van der Waals surface area (Å²) in [6, 6.07) is 0. The fourth-order valence-corrected chi connectivity index (χ4v) is 2.43. The molecule has 0 aliphatic carbocycles. The van der Waals surface area contributed by atoms with Crippen molar-refractivity contribution in [2.75, 3.05) is 20.8 Å². The van der Waals surface area contributed by atoms with Crippen LogP contribution in [0.4, 0.5) is 0 Å². The molecule has 7 nitrogen and oxygen atoms in total. The molecule has 0 unspecified atom stereocenters. The molecule has 0 aromatic carbocycles. The molecule has 0 fully saturated rings. The zero-order valence-electron chi connectivity index (χ0n) is 11.4. The third-order valence-corrected chi connectivity index (χ3v) is 3.82. The molecule has 19 heavy (non-hydrogen) atoms. The van der Waals surface area contributed by atoms with Crippen LogP contribution in [0.25, 0.3) is 0 Å². The van der Waals surface area contributed by atoms with Crippen LogP contribution in [-0.4, -0.2) is 49.6 Å². The lowest BCUT2D eigenvalue weighted by Gasteiger charge is -2.22. The molecule has 1 rings (SSSR count). The first-order valence-electron chi connectivity index (χ1n) is 5.62. The van der Waals surface area contributed by atoms with Gasteiger partial charge in [-0.25, -0.2) is 8.42 Å². The Balaban J connectivity index is 3.15. The maximum absolute atomic E-state index is 11.4. The first kappa shape index (κ1) is 16.4. The van der Waals surface area contributed by atoms with Crippen LogP contribution in [-0.2, 0) is 31.5 Å². The number of hydrogen-bond acceptors (Lipinski definition) is 6. The topological polar surface area (TPSA) is 83.3 Å². The zero-order chi connectivity index (χ0) is 14.7. The summed E-state index contributed by atoms with van der Waals surface area (Å²) >= 11 is 0. The van der Waals surface area contributed by atoms with E-state index in [2.05, 4.69) is 10.2 Å². The number of hydrogen-bond donors (Lipinski definition) is 0. The average molecular weight is 312 g/mol. The Hall–Kier alpha value is -0.700. The highest BCUT2D eigenvalue weighted by Crippen LogP contribution is 2.19. The SMILES string of the molecule is COCCn1c(CC(C)(C)OC)nnc1S(=O)(=O)Cl. The van der Waals surface area contributed by atoms with Gasteiger partial charge in [0, 0.05) is 37.9 Å². The van der Waals surface area contributed by atoms with E-state index >= 15 is 0 Å². The molecular formula is C10H18ClN3O4S. The highest BCUT2D eigenvalue weighted by Gasteiger charge is 2.26. The predicted octanol–water partition coefficient (Wildman–Crippen LogP) is 0.819. The lowest BCUT2D eigenvalue weighted by atomic mass is 10.1. The summed E-state index contributed by atoms with van der Waals surface area (Å²) in [5, 5.41) is 7.25. The van der Waals surface area contributed by atoms with Crippen LogP contribution in [0.1, 0.15) is 19.7 Å². The average Bonchev–Trinajstić information content (AvgIpc) is 2.68. The van der Waals surface area contributed by atoms with Crippen molar-refractivity contribution in [1.82, 2.24) is 14.8 Å². The first-order valence-corrected chi connectivity index (χ1v) is 7.93. The van der Waals surface area contributed by atoms with E-state index in [-0.39, 0.29) is 5.16 Å². The Morgan fingerprint density at radius 2 is 1.95 bits per heavy atom. The molecule has 0 saturated carbocycles. The molecular weight excluding hydrogens is 294 g/mol. The van der Waals surface area contributed by atoms with Crippen LogP contribution in [0.2, 0.25) is 0 Å². The van der Waals surface area contributed by atoms with E-state index in [1.807, 2.05) is 13.8 Å². The van der Waals surface area contributed by atoms with Gasteiger partial charge in [-0.05, 0) is 13.8 Å². The van der Waals surface area contributed by atoms with Gasteiger partial charge in [0.15, 0.2) is 0 Å². The van der Waals surface area contributed by atoms with E-state index in [0.29, 0.717) is 25.4 Å².